The molecule has 0 saturated carbocycles. The van der Waals surface area contributed by atoms with Crippen molar-refractivity contribution in [2.75, 3.05) is 0 Å². The topological polar surface area (TPSA) is 23.8 Å². The van der Waals surface area contributed by atoms with Crippen LogP contribution in [0.5, 0.6) is 0 Å². The monoisotopic (exact) mass is 223 g/mol. The maximum Gasteiger partial charge on any atom is 0.108 e. The second kappa shape index (κ2) is 2.67. The predicted molar refractivity (Wildman–Crippen MR) is 42.9 cm³/mol. The lowest BCUT2D eigenvalue weighted by Gasteiger charge is -2.16. The van der Waals surface area contributed by atoms with E-state index in [1.54, 1.807) is 0 Å². The highest BCUT2D eigenvalue weighted by Crippen LogP contribution is 2.25. The number of rotatable bonds is 1. The van der Waals surface area contributed by atoms with E-state index in [0.717, 1.165) is 0 Å². The molecule has 8 heavy (non-hydrogen) atoms. The zero-order valence-electron chi connectivity index (χ0n) is 5.40. The van der Waals surface area contributed by atoms with E-state index in [2.05, 4.69) is 42.5 Å². The zero-order chi connectivity index (χ0) is 6.78. The van der Waals surface area contributed by atoms with Crippen molar-refractivity contribution in [3.8, 4) is 6.07 Å². The standard InChI is InChI=1S/C6H10IN/c1-5(2)6(3,7)4-8/h5H,1-3H3. The van der Waals surface area contributed by atoms with Crippen molar-refractivity contribution in [2.45, 2.75) is 24.2 Å². The lowest BCUT2D eigenvalue weighted by Crippen LogP contribution is -2.19. The largest absolute Gasteiger partial charge is 0.197 e. The van der Waals surface area contributed by atoms with Crippen LogP contribution in [-0.2, 0) is 0 Å². The first-order chi connectivity index (χ1) is 3.50. The molecule has 0 rings (SSSR count). The van der Waals surface area contributed by atoms with E-state index in [1.165, 1.54) is 0 Å². The molecule has 0 aliphatic rings. The summed E-state index contributed by atoms with van der Waals surface area (Å²) in [6.07, 6.45) is 0. The Morgan fingerprint density at radius 1 is 1.62 bits per heavy atom. The lowest BCUT2D eigenvalue weighted by molar-refractivity contribution is 0.580. The van der Waals surface area contributed by atoms with Crippen LogP contribution < -0.4 is 0 Å². The molecule has 0 heterocycles. The molecule has 0 aromatic carbocycles. The molecule has 0 aliphatic carbocycles. The highest BCUT2D eigenvalue weighted by Gasteiger charge is 2.22. The van der Waals surface area contributed by atoms with E-state index >= 15 is 0 Å². The second-order valence-corrected chi connectivity index (χ2v) is 4.58. The Hall–Kier alpha value is 0.220. The second-order valence-electron chi connectivity index (χ2n) is 2.34. The van der Waals surface area contributed by atoms with E-state index in [4.69, 9.17) is 5.26 Å². The van der Waals surface area contributed by atoms with Gasteiger partial charge in [0.15, 0.2) is 0 Å². The fourth-order valence-corrected chi connectivity index (χ4v) is 0.129. The summed E-state index contributed by atoms with van der Waals surface area (Å²) < 4.78 is -0.183. The number of nitriles is 1. The molecule has 0 aliphatic heterocycles. The van der Waals surface area contributed by atoms with Crippen molar-refractivity contribution in [1.29, 1.82) is 5.26 Å². The van der Waals surface area contributed by atoms with Gasteiger partial charge in [0.2, 0.25) is 0 Å². The summed E-state index contributed by atoms with van der Waals surface area (Å²) in [5.41, 5.74) is 0. The van der Waals surface area contributed by atoms with Gasteiger partial charge in [-0.2, -0.15) is 5.26 Å². The van der Waals surface area contributed by atoms with Gasteiger partial charge in [0, 0.05) is 0 Å². The summed E-state index contributed by atoms with van der Waals surface area (Å²) in [5, 5.41) is 8.51. The Morgan fingerprint density at radius 2 is 2.00 bits per heavy atom. The van der Waals surface area contributed by atoms with Gasteiger partial charge in [0.25, 0.3) is 0 Å². The first kappa shape index (κ1) is 8.22. The molecule has 0 fully saturated rings. The van der Waals surface area contributed by atoms with Crippen molar-refractivity contribution in [2.24, 2.45) is 5.92 Å². The van der Waals surface area contributed by atoms with Crippen LogP contribution in [-0.4, -0.2) is 3.42 Å². The van der Waals surface area contributed by atoms with Crippen molar-refractivity contribution in [3.05, 3.63) is 0 Å². The Balaban J connectivity index is 3.97. The van der Waals surface area contributed by atoms with Crippen molar-refractivity contribution >= 4 is 22.6 Å². The molecule has 0 amide bonds. The fourth-order valence-electron chi connectivity index (χ4n) is 0.129. The summed E-state index contributed by atoms with van der Waals surface area (Å²) in [6, 6.07) is 2.23. The molecule has 0 spiro atoms. The van der Waals surface area contributed by atoms with Gasteiger partial charge >= 0.3 is 0 Å². The van der Waals surface area contributed by atoms with Crippen LogP contribution in [0.2, 0.25) is 0 Å². The highest BCUT2D eigenvalue weighted by molar-refractivity contribution is 14.1. The third kappa shape index (κ3) is 1.99. The van der Waals surface area contributed by atoms with Crippen LogP contribution in [0.4, 0.5) is 0 Å². The average Bonchev–Trinajstić information content (AvgIpc) is 1.67. The first-order valence-corrected chi connectivity index (χ1v) is 3.68. The molecular weight excluding hydrogens is 213 g/mol. The van der Waals surface area contributed by atoms with Gasteiger partial charge in [-0.05, 0) is 12.8 Å². The van der Waals surface area contributed by atoms with Crippen molar-refractivity contribution in [3.63, 3.8) is 0 Å². The van der Waals surface area contributed by atoms with Crippen molar-refractivity contribution < 1.29 is 0 Å². The summed E-state index contributed by atoms with van der Waals surface area (Å²) >= 11 is 2.17. The van der Waals surface area contributed by atoms with E-state index in [1.807, 2.05) is 6.92 Å². The van der Waals surface area contributed by atoms with Crippen LogP contribution in [0.15, 0.2) is 0 Å². The molecule has 46 valence electrons. The Labute approximate surface area is 64.2 Å². The third-order valence-corrected chi connectivity index (χ3v) is 2.79. The van der Waals surface area contributed by atoms with Crippen LogP contribution in [0.3, 0.4) is 0 Å². The summed E-state index contributed by atoms with van der Waals surface area (Å²) in [5.74, 6) is 0.438. The molecule has 1 unspecified atom stereocenters. The third-order valence-electron chi connectivity index (χ3n) is 1.30. The maximum absolute atomic E-state index is 8.51. The minimum Gasteiger partial charge on any atom is -0.197 e. The number of nitrogens with zero attached hydrogens (tertiary/aromatic N) is 1. The quantitative estimate of drug-likeness (QED) is 0.494. The van der Waals surface area contributed by atoms with Crippen LogP contribution in [0.25, 0.3) is 0 Å². The van der Waals surface area contributed by atoms with Gasteiger partial charge in [-0.3, -0.25) is 0 Å². The smallest absolute Gasteiger partial charge is 0.108 e. The van der Waals surface area contributed by atoms with Gasteiger partial charge in [-0.15, -0.1) is 0 Å². The zero-order valence-corrected chi connectivity index (χ0v) is 7.56. The molecule has 0 saturated heterocycles. The molecule has 0 aromatic rings. The highest BCUT2D eigenvalue weighted by atomic mass is 127. The van der Waals surface area contributed by atoms with E-state index in [0.29, 0.717) is 5.92 Å². The van der Waals surface area contributed by atoms with E-state index in [-0.39, 0.29) is 3.42 Å². The Kier molecular flexibility index (Phi) is 2.75. The normalized spacial score (nSPS) is 17.5. The maximum atomic E-state index is 8.51. The lowest BCUT2D eigenvalue weighted by atomic mass is 10.0. The SMILES string of the molecule is CC(C)C(C)(I)C#N. The summed E-state index contributed by atoms with van der Waals surface area (Å²) in [4.78, 5) is 0. The minimum atomic E-state index is -0.183. The average molecular weight is 223 g/mol. The Morgan fingerprint density at radius 3 is 2.00 bits per heavy atom. The molecule has 0 aromatic heterocycles. The van der Waals surface area contributed by atoms with E-state index < -0.39 is 0 Å². The summed E-state index contributed by atoms with van der Waals surface area (Å²) in [7, 11) is 0. The predicted octanol–water partition coefficient (Wildman–Crippen LogP) is 2.36. The molecule has 0 radical (unpaired) electrons. The van der Waals surface area contributed by atoms with Crippen molar-refractivity contribution in [1.82, 2.24) is 0 Å². The molecular formula is C6H10IN. The first-order valence-electron chi connectivity index (χ1n) is 2.61. The van der Waals surface area contributed by atoms with Gasteiger partial charge in [-0.25, -0.2) is 0 Å². The molecule has 1 atom stereocenters. The minimum absolute atomic E-state index is 0.183. The van der Waals surface area contributed by atoms with Gasteiger partial charge in [0.1, 0.15) is 3.42 Å². The molecule has 1 nitrogen and oxygen atoms in total. The van der Waals surface area contributed by atoms with Gasteiger partial charge < -0.3 is 0 Å². The molecule has 2 heteroatoms. The van der Waals surface area contributed by atoms with Crippen LogP contribution >= 0.6 is 22.6 Å². The fraction of sp³-hybridized carbons (Fsp3) is 0.833. The number of hydrogen-bond acceptors (Lipinski definition) is 1. The number of hydrogen-bond donors (Lipinski definition) is 0. The number of alkyl halides is 1. The van der Waals surface area contributed by atoms with Gasteiger partial charge in [0.05, 0.1) is 6.07 Å². The molecule has 0 bridgehead atoms. The number of halogens is 1. The van der Waals surface area contributed by atoms with Gasteiger partial charge in [-0.1, -0.05) is 36.4 Å². The Bertz CT molecular complexity index is 110. The molecule has 0 N–H and O–H groups in total. The van der Waals surface area contributed by atoms with Crippen LogP contribution in [0, 0.1) is 17.2 Å². The van der Waals surface area contributed by atoms with E-state index in [9.17, 15) is 0 Å². The van der Waals surface area contributed by atoms with Crippen LogP contribution in [0.1, 0.15) is 20.8 Å². The summed E-state index contributed by atoms with van der Waals surface area (Å²) in [6.45, 7) is 6.05.